The van der Waals surface area contributed by atoms with Crippen LogP contribution in [0.5, 0.6) is 0 Å². The fourth-order valence-corrected chi connectivity index (χ4v) is 2.95. The third kappa shape index (κ3) is 3.48. The molecule has 0 fully saturated rings. The molecule has 7 heteroatoms. The third-order valence-corrected chi connectivity index (χ3v) is 4.35. The van der Waals surface area contributed by atoms with Crippen LogP contribution in [0.25, 0.3) is 11.4 Å². The van der Waals surface area contributed by atoms with Gasteiger partial charge in [-0.3, -0.25) is 9.36 Å². The average molecular weight is 358 g/mol. The van der Waals surface area contributed by atoms with E-state index in [2.05, 4.69) is 20.6 Å². The zero-order valence-corrected chi connectivity index (χ0v) is 14.7. The second-order valence-electron chi connectivity index (χ2n) is 6.12. The van der Waals surface area contributed by atoms with Crippen LogP contribution in [0.4, 0.5) is 0 Å². The van der Waals surface area contributed by atoms with Gasteiger partial charge in [-0.25, -0.2) is 4.68 Å². The summed E-state index contributed by atoms with van der Waals surface area (Å²) >= 11 is 0. The Bertz CT molecular complexity index is 1020. The van der Waals surface area contributed by atoms with E-state index in [0.717, 1.165) is 16.9 Å². The summed E-state index contributed by atoms with van der Waals surface area (Å²) in [4.78, 5) is 12.7. The van der Waals surface area contributed by atoms with Crippen molar-refractivity contribution in [1.29, 1.82) is 0 Å². The molecule has 0 aliphatic rings. The van der Waals surface area contributed by atoms with Crippen molar-refractivity contribution in [3.63, 3.8) is 0 Å². The van der Waals surface area contributed by atoms with Gasteiger partial charge in [-0.1, -0.05) is 18.2 Å². The lowest BCUT2D eigenvalue weighted by Gasteiger charge is -2.18. The van der Waals surface area contributed by atoms with Crippen LogP contribution in [-0.2, 0) is 0 Å². The Kier molecular flexibility index (Phi) is 4.49. The second-order valence-corrected chi connectivity index (χ2v) is 6.12. The van der Waals surface area contributed by atoms with Gasteiger partial charge < -0.3 is 5.32 Å². The van der Waals surface area contributed by atoms with Gasteiger partial charge in [0.1, 0.15) is 12.7 Å². The summed E-state index contributed by atoms with van der Waals surface area (Å²) in [5, 5.41) is 14.9. The zero-order chi connectivity index (χ0) is 18.6. The first-order chi connectivity index (χ1) is 13.2. The van der Waals surface area contributed by atoms with Crippen molar-refractivity contribution >= 4 is 5.91 Å². The molecule has 2 heterocycles. The van der Waals surface area contributed by atoms with E-state index in [1.807, 2.05) is 55.6 Å². The van der Waals surface area contributed by atoms with Gasteiger partial charge >= 0.3 is 0 Å². The molecule has 0 spiro atoms. The maximum atomic E-state index is 12.7. The van der Waals surface area contributed by atoms with Crippen molar-refractivity contribution in [1.82, 2.24) is 29.9 Å². The number of nitrogens with one attached hydrogen (secondary N) is 1. The third-order valence-electron chi connectivity index (χ3n) is 4.35. The normalized spacial score (nSPS) is 11.9. The second kappa shape index (κ2) is 7.25. The van der Waals surface area contributed by atoms with E-state index in [4.69, 9.17) is 0 Å². The quantitative estimate of drug-likeness (QED) is 0.595. The number of benzene rings is 2. The molecule has 1 atom stereocenters. The summed E-state index contributed by atoms with van der Waals surface area (Å²) in [7, 11) is 0. The summed E-state index contributed by atoms with van der Waals surface area (Å²) in [6.07, 6.45) is 6.85. The summed E-state index contributed by atoms with van der Waals surface area (Å²) in [5.74, 6) is -0.131. The van der Waals surface area contributed by atoms with Gasteiger partial charge in [-0.05, 0) is 48.9 Å². The predicted octanol–water partition coefficient (Wildman–Crippen LogP) is 2.94. The van der Waals surface area contributed by atoms with Crippen LogP contribution in [0.15, 0.2) is 79.6 Å². The number of carbonyl (C=O) groups is 1. The minimum Gasteiger partial charge on any atom is -0.345 e. The lowest BCUT2D eigenvalue weighted by atomic mass is 10.1. The van der Waals surface area contributed by atoms with Crippen LogP contribution in [0.1, 0.15) is 28.9 Å². The van der Waals surface area contributed by atoms with E-state index >= 15 is 0 Å². The van der Waals surface area contributed by atoms with Crippen LogP contribution in [0, 0.1) is 0 Å². The highest BCUT2D eigenvalue weighted by Gasteiger charge is 2.15. The number of nitrogens with zero attached hydrogens (tertiary/aromatic N) is 5. The number of para-hydroxylation sites is 1. The van der Waals surface area contributed by atoms with Crippen LogP contribution >= 0.6 is 0 Å². The fourth-order valence-electron chi connectivity index (χ4n) is 2.95. The molecular formula is C20H18N6O. The SMILES string of the molecule is C[C@H](NC(=O)c1ccc(-n2cnnc2)cc1)c1ccccc1-n1cccn1. The Labute approximate surface area is 156 Å². The maximum Gasteiger partial charge on any atom is 0.251 e. The topological polar surface area (TPSA) is 77.6 Å². The molecule has 7 nitrogen and oxygen atoms in total. The van der Waals surface area contributed by atoms with Gasteiger partial charge in [-0.15, -0.1) is 10.2 Å². The molecule has 4 aromatic rings. The van der Waals surface area contributed by atoms with Gasteiger partial charge in [0, 0.05) is 23.6 Å². The molecule has 134 valence electrons. The van der Waals surface area contributed by atoms with Gasteiger partial charge in [0.25, 0.3) is 5.91 Å². The van der Waals surface area contributed by atoms with Crippen LogP contribution < -0.4 is 5.32 Å². The minimum absolute atomic E-state index is 0.131. The molecule has 27 heavy (non-hydrogen) atoms. The number of carbonyl (C=O) groups excluding carboxylic acids is 1. The van der Waals surface area contributed by atoms with Gasteiger partial charge in [0.15, 0.2) is 0 Å². The summed E-state index contributed by atoms with van der Waals surface area (Å²) < 4.78 is 3.58. The number of aromatic nitrogens is 5. The molecule has 0 saturated heterocycles. The highest BCUT2D eigenvalue weighted by Crippen LogP contribution is 2.21. The van der Waals surface area contributed by atoms with Crippen molar-refractivity contribution < 1.29 is 4.79 Å². The summed E-state index contributed by atoms with van der Waals surface area (Å²) in [6, 6.07) is 16.9. The van der Waals surface area contributed by atoms with E-state index in [-0.39, 0.29) is 11.9 Å². The van der Waals surface area contributed by atoms with Crippen molar-refractivity contribution in [3.05, 3.63) is 90.8 Å². The Morgan fingerprint density at radius 3 is 2.44 bits per heavy atom. The molecule has 0 aliphatic carbocycles. The Balaban J connectivity index is 1.52. The van der Waals surface area contributed by atoms with E-state index < -0.39 is 0 Å². The molecule has 1 amide bonds. The lowest BCUT2D eigenvalue weighted by Crippen LogP contribution is -2.27. The highest BCUT2D eigenvalue weighted by molar-refractivity contribution is 5.94. The Morgan fingerprint density at radius 1 is 1.00 bits per heavy atom. The van der Waals surface area contributed by atoms with Crippen LogP contribution in [0.3, 0.4) is 0 Å². The Morgan fingerprint density at radius 2 is 1.74 bits per heavy atom. The fraction of sp³-hybridized carbons (Fsp3) is 0.100. The molecular weight excluding hydrogens is 340 g/mol. The number of hydrogen-bond donors (Lipinski definition) is 1. The molecule has 0 saturated carbocycles. The predicted molar refractivity (Wildman–Crippen MR) is 101 cm³/mol. The highest BCUT2D eigenvalue weighted by atomic mass is 16.1. The number of hydrogen-bond acceptors (Lipinski definition) is 4. The standard InChI is InChI=1S/C20H18N6O/c1-15(18-5-2-3-6-19(18)26-12-4-11-23-26)24-20(27)16-7-9-17(10-8-16)25-13-21-22-14-25/h2-15H,1H3,(H,24,27)/t15-/m0/s1. The average Bonchev–Trinajstić information content (AvgIpc) is 3.42. The van der Waals surface area contributed by atoms with E-state index in [9.17, 15) is 4.79 Å². The van der Waals surface area contributed by atoms with Gasteiger partial charge in [0.2, 0.25) is 0 Å². The molecule has 0 unspecified atom stereocenters. The molecule has 2 aromatic heterocycles. The van der Waals surface area contributed by atoms with Gasteiger partial charge in [0.05, 0.1) is 11.7 Å². The summed E-state index contributed by atoms with van der Waals surface area (Å²) in [5.41, 5.74) is 3.43. The van der Waals surface area contributed by atoms with Crippen molar-refractivity contribution in [2.75, 3.05) is 0 Å². The lowest BCUT2D eigenvalue weighted by molar-refractivity contribution is 0.0940. The molecule has 4 rings (SSSR count). The molecule has 2 aromatic carbocycles. The minimum atomic E-state index is -0.171. The molecule has 0 aliphatic heterocycles. The van der Waals surface area contributed by atoms with Gasteiger partial charge in [-0.2, -0.15) is 5.10 Å². The number of rotatable bonds is 5. The first kappa shape index (κ1) is 16.7. The van der Waals surface area contributed by atoms with E-state index in [1.165, 1.54) is 0 Å². The largest absolute Gasteiger partial charge is 0.345 e. The van der Waals surface area contributed by atoms with Crippen molar-refractivity contribution in [3.8, 4) is 11.4 Å². The maximum absolute atomic E-state index is 12.7. The first-order valence-electron chi connectivity index (χ1n) is 8.57. The van der Waals surface area contributed by atoms with Crippen molar-refractivity contribution in [2.24, 2.45) is 0 Å². The van der Waals surface area contributed by atoms with E-state index in [1.54, 1.807) is 40.2 Å². The van der Waals surface area contributed by atoms with Crippen LogP contribution in [0.2, 0.25) is 0 Å². The summed E-state index contributed by atoms with van der Waals surface area (Å²) in [6.45, 7) is 1.96. The monoisotopic (exact) mass is 358 g/mol. The van der Waals surface area contributed by atoms with Crippen LogP contribution in [-0.4, -0.2) is 30.5 Å². The van der Waals surface area contributed by atoms with E-state index in [0.29, 0.717) is 5.56 Å². The molecule has 1 N–H and O–H groups in total. The van der Waals surface area contributed by atoms with Crippen molar-refractivity contribution in [2.45, 2.75) is 13.0 Å². The smallest absolute Gasteiger partial charge is 0.251 e. The molecule has 0 bridgehead atoms. The Hall–Kier alpha value is -3.74. The molecule has 0 radical (unpaired) electrons. The number of amides is 1. The first-order valence-corrected chi connectivity index (χ1v) is 8.57. The zero-order valence-electron chi connectivity index (χ0n) is 14.7.